The zero-order valence-electron chi connectivity index (χ0n) is 10.3. The summed E-state index contributed by atoms with van der Waals surface area (Å²) in [6.45, 7) is 4.06. The van der Waals surface area contributed by atoms with Gasteiger partial charge in [0.05, 0.1) is 10.6 Å². The maximum atomic E-state index is 9.20. The number of rotatable bonds is 3. The normalized spacial score (nSPS) is 10.3. The van der Waals surface area contributed by atoms with Crippen LogP contribution in [0.4, 0.5) is 10.7 Å². The second-order valence-corrected chi connectivity index (χ2v) is 5.22. The Balaban J connectivity index is 2.51. The van der Waals surface area contributed by atoms with Crippen molar-refractivity contribution in [2.75, 3.05) is 11.1 Å². The van der Waals surface area contributed by atoms with Crippen LogP contribution in [0.3, 0.4) is 0 Å². The molecule has 0 aliphatic rings. The third-order valence-corrected chi connectivity index (χ3v) is 3.61. The topological polar surface area (TPSA) is 74.7 Å². The molecule has 0 saturated heterocycles. The zero-order valence-corrected chi connectivity index (χ0v) is 11.1. The monoisotopic (exact) mass is 258 g/mol. The Morgan fingerprint density at radius 2 is 2.06 bits per heavy atom. The highest BCUT2D eigenvalue weighted by atomic mass is 32.1. The molecule has 0 atom stereocenters. The van der Waals surface area contributed by atoms with Gasteiger partial charge in [-0.05, 0) is 31.5 Å². The van der Waals surface area contributed by atoms with E-state index in [1.54, 1.807) is 12.4 Å². The SMILES string of the molecule is CC(C)Nc1sc(-c2ccncc2)c(N)c1C#N. The van der Waals surface area contributed by atoms with Crippen LogP contribution in [-0.4, -0.2) is 11.0 Å². The number of nitrogens with one attached hydrogen (secondary N) is 1. The lowest BCUT2D eigenvalue weighted by molar-refractivity contribution is 0.904. The summed E-state index contributed by atoms with van der Waals surface area (Å²) in [6, 6.07) is 6.21. The molecule has 4 nitrogen and oxygen atoms in total. The van der Waals surface area contributed by atoms with E-state index in [9.17, 15) is 5.26 Å². The molecule has 0 saturated carbocycles. The number of nitrogen functional groups attached to an aromatic ring is 1. The lowest BCUT2D eigenvalue weighted by atomic mass is 10.1. The predicted molar refractivity (Wildman–Crippen MR) is 75.4 cm³/mol. The number of thiophene rings is 1. The molecule has 0 amide bonds. The van der Waals surface area contributed by atoms with Crippen molar-refractivity contribution in [1.82, 2.24) is 4.98 Å². The summed E-state index contributed by atoms with van der Waals surface area (Å²) in [5, 5.41) is 13.3. The third-order valence-electron chi connectivity index (χ3n) is 2.42. The van der Waals surface area contributed by atoms with Crippen molar-refractivity contribution in [2.24, 2.45) is 0 Å². The van der Waals surface area contributed by atoms with Gasteiger partial charge >= 0.3 is 0 Å². The molecule has 2 heterocycles. The summed E-state index contributed by atoms with van der Waals surface area (Å²) < 4.78 is 0. The summed E-state index contributed by atoms with van der Waals surface area (Å²) in [5.74, 6) is 0. The maximum absolute atomic E-state index is 9.20. The van der Waals surface area contributed by atoms with E-state index in [4.69, 9.17) is 5.73 Å². The highest BCUT2D eigenvalue weighted by molar-refractivity contribution is 7.20. The van der Waals surface area contributed by atoms with Gasteiger partial charge in [0, 0.05) is 18.4 Å². The van der Waals surface area contributed by atoms with Gasteiger partial charge in [-0.1, -0.05) is 0 Å². The maximum Gasteiger partial charge on any atom is 0.110 e. The number of anilines is 2. The predicted octanol–water partition coefficient (Wildman–Crippen LogP) is 3.08. The standard InChI is InChI=1S/C13H14N4S/c1-8(2)17-13-10(7-14)11(15)12(18-13)9-3-5-16-6-4-9/h3-6,8,17H,15H2,1-2H3. The van der Waals surface area contributed by atoms with Gasteiger partial charge in [0.15, 0.2) is 0 Å². The van der Waals surface area contributed by atoms with Gasteiger partial charge in [0.1, 0.15) is 16.6 Å². The summed E-state index contributed by atoms with van der Waals surface area (Å²) in [5.41, 5.74) is 8.10. The van der Waals surface area contributed by atoms with Gasteiger partial charge in [-0.25, -0.2) is 0 Å². The van der Waals surface area contributed by atoms with E-state index in [0.29, 0.717) is 11.3 Å². The van der Waals surface area contributed by atoms with Crippen LogP contribution in [0.2, 0.25) is 0 Å². The summed E-state index contributed by atoms with van der Waals surface area (Å²) in [7, 11) is 0. The van der Waals surface area contributed by atoms with Gasteiger partial charge < -0.3 is 11.1 Å². The van der Waals surface area contributed by atoms with E-state index in [1.807, 2.05) is 26.0 Å². The molecule has 0 unspecified atom stereocenters. The molecule has 0 bridgehead atoms. The van der Waals surface area contributed by atoms with Gasteiger partial charge in [0.2, 0.25) is 0 Å². The molecular weight excluding hydrogens is 244 g/mol. The fraction of sp³-hybridized carbons (Fsp3) is 0.231. The molecule has 0 spiro atoms. The van der Waals surface area contributed by atoms with Gasteiger partial charge in [-0.15, -0.1) is 11.3 Å². The van der Waals surface area contributed by atoms with Gasteiger partial charge in [0.25, 0.3) is 0 Å². The smallest absolute Gasteiger partial charge is 0.110 e. The van der Waals surface area contributed by atoms with Crippen LogP contribution in [0.15, 0.2) is 24.5 Å². The van der Waals surface area contributed by atoms with Crippen molar-refractivity contribution in [2.45, 2.75) is 19.9 Å². The van der Waals surface area contributed by atoms with E-state index in [2.05, 4.69) is 16.4 Å². The molecule has 2 aromatic rings. The number of hydrogen-bond donors (Lipinski definition) is 2. The molecule has 0 aliphatic carbocycles. The molecule has 2 rings (SSSR count). The lowest BCUT2D eigenvalue weighted by Crippen LogP contribution is -2.09. The molecular formula is C13H14N4S. The highest BCUT2D eigenvalue weighted by Crippen LogP contribution is 2.41. The molecule has 5 heteroatoms. The van der Waals surface area contributed by atoms with Crippen LogP contribution in [0.25, 0.3) is 10.4 Å². The molecule has 0 fully saturated rings. The van der Waals surface area contributed by atoms with Gasteiger partial charge in [-0.2, -0.15) is 5.26 Å². The number of aromatic nitrogens is 1. The summed E-state index contributed by atoms with van der Waals surface area (Å²) in [6.07, 6.45) is 3.44. The minimum atomic E-state index is 0.264. The third kappa shape index (κ3) is 2.29. The number of hydrogen-bond acceptors (Lipinski definition) is 5. The van der Waals surface area contributed by atoms with Crippen molar-refractivity contribution in [1.29, 1.82) is 5.26 Å². The molecule has 0 aromatic carbocycles. The molecule has 0 radical (unpaired) electrons. The number of nitriles is 1. The van der Waals surface area contributed by atoms with Crippen LogP contribution in [0.5, 0.6) is 0 Å². The average Bonchev–Trinajstić information content (AvgIpc) is 2.66. The van der Waals surface area contributed by atoms with Crippen molar-refractivity contribution >= 4 is 22.0 Å². The molecule has 3 N–H and O–H groups in total. The van der Waals surface area contributed by atoms with Crippen molar-refractivity contribution < 1.29 is 0 Å². The van der Waals surface area contributed by atoms with Gasteiger partial charge in [-0.3, -0.25) is 4.98 Å². The minimum absolute atomic E-state index is 0.264. The number of pyridine rings is 1. The Morgan fingerprint density at radius 3 is 2.61 bits per heavy atom. The largest absolute Gasteiger partial charge is 0.396 e. The quantitative estimate of drug-likeness (QED) is 0.887. The number of nitrogens with zero attached hydrogens (tertiary/aromatic N) is 2. The molecule has 2 aromatic heterocycles. The Kier molecular flexibility index (Phi) is 3.49. The molecule has 92 valence electrons. The van der Waals surface area contributed by atoms with Crippen molar-refractivity contribution in [3.05, 3.63) is 30.1 Å². The first-order chi connectivity index (χ1) is 8.63. The summed E-state index contributed by atoms with van der Waals surface area (Å²) in [4.78, 5) is 4.90. The zero-order chi connectivity index (χ0) is 13.1. The Morgan fingerprint density at radius 1 is 1.39 bits per heavy atom. The Bertz CT molecular complexity index is 581. The van der Waals surface area contributed by atoms with Crippen LogP contribution < -0.4 is 11.1 Å². The van der Waals surface area contributed by atoms with Crippen molar-refractivity contribution in [3.63, 3.8) is 0 Å². The second kappa shape index (κ2) is 5.07. The minimum Gasteiger partial charge on any atom is -0.396 e. The Labute approximate surface area is 110 Å². The Hall–Kier alpha value is -2.06. The van der Waals surface area contributed by atoms with Crippen LogP contribution in [-0.2, 0) is 0 Å². The summed E-state index contributed by atoms with van der Waals surface area (Å²) >= 11 is 1.51. The van der Waals surface area contributed by atoms with E-state index in [1.165, 1.54) is 11.3 Å². The second-order valence-electron chi connectivity index (χ2n) is 4.20. The van der Waals surface area contributed by atoms with E-state index in [-0.39, 0.29) is 6.04 Å². The van der Waals surface area contributed by atoms with Crippen molar-refractivity contribution in [3.8, 4) is 16.5 Å². The highest BCUT2D eigenvalue weighted by Gasteiger charge is 2.17. The number of nitrogens with two attached hydrogens (primary N) is 1. The fourth-order valence-corrected chi connectivity index (χ4v) is 2.86. The van der Waals surface area contributed by atoms with Crippen LogP contribution in [0.1, 0.15) is 19.4 Å². The van der Waals surface area contributed by atoms with Crippen LogP contribution in [0, 0.1) is 11.3 Å². The van der Waals surface area contributed by atoms with E-state index < -0.39 is 0 Å². The lowest BCUT2D eigenvalue weighted by Gasteiger charge is -2.06. The first-order valence-electron chi connectivity index (χ1n) is 5.62. The van der Waals surface area contributed by atoms with E-state index >= 15 is 0 Å². The first kappa shape index (κ1) is 12.4. The molecule has 18 heavy (non-hydrogen) atoms. The first-order valence-corrected chi connectivity index (χ1v) is 6.44. The molecule has 0 aliphatic heterocycles. The fourth-order valence-electron chi connectivity index (χ4n) is 1.64. The van der Waals surface area contributed by atoms with Crippen LogP contribution >= 0.6 is 11.3 Å². The van der Waals surface area contributed by atoms with E-state index in [0.717, 1.165) is 15.4 Å². The average molecular weight is 258 g/mol.